The van der Waals surface area contributed by atoms with E-state index in [1.54, 1.807) is 0 Å². The van der Waals surface area contributed by atoms with E-state index in [0.717, 1.165) is 31.7 Å². The fourth-order valence-electron chi connectivity index (χ4n) is 3.54. The zero-order chi connectivity index (χ0) is 13.5. The summed E-state index contributed by atoms with van der Waals surface area (Å²) < 4.78 is 7.52. The van der Waals surface area contributed by atoms with Gasteiger partial charge in [0.1, 0.15) is 0 Å². The first-order chi connectivity index (χ1) is 9.86. The van der Waals surface area contributed by atoms with E-state index in [1.807, 2.05) is 24.7 Å². The molecule has 4 heteroatoms. The minimum absolute atomic E-state index is 0.00759. The number of aliphatic hydroxyl groups excluding tert-OH is 1. The number of benzene rings is 1. The predicted molar refractivity (Wildman–Crippen MR) is 75.4 cm³/mol. The molecule has 2 aromatic rings. The summed E-state index contributed by atoms with van der Waals surface area (Å²) in [5.74, 6) is 0.301. The van der Waals surface area contributed by atoms with Crippen LogP contribution in [-0.4, -0.2) is 34.0 Å². The third-order valence-electron chi connectivity index (χ3n) is 4.59. The Balaban J connectivity index is 1.74. The van der Waals surface area contributed by atoms with Crippen molar-refractivity contribution < 1.29 is 9.84 Å². The van der Waals surface area contributed by atoms with Crippen LogP contribution in [0.5, 0.6) is 0 Å². The molecule has 0 saturated carbocycles. The monoisotopic (exact) mass is 270 g/mol. The van der Waals surface area contributed by atoms with Crippen LogP contribution >= 0.6 is 0 Å². The average Bonchev–Trinajstić information content (AvgIpc) is 3.08. The molecular weight excluding hydrogens is 252 g/mol. The molecular formula is C16H18N2O2. The van der Waals surface area contributed by atoms with Crippen molar-refractivity contribution in [1.29, 1.82) is 0 Å². The smallest absolute Gasteiger partial charge is 0.0957 e. The van der Waals surface area contributed by atoms with E-state index in [2.05, 4.69) is 21.7 Å². The number of hydrogen-bond acceptors (Lipinski definition) is 3. The molecule has 0 spiro atoms. The zero-order valence-electron chi connectivity index (χ0n) is 11.3. The highest BCUT2D eigenvalue weighted by atomic mass is 16.5. The second kappa shape index (κ2) is 4.72. The van der Waals surface area contributed by atoms with E-state index < -0.39 is 0 Å². The van der Waals surface area contributed by atoms with Crippen LogP contribution in [0.15, 0.2) is 36.8 Å². The maximum Gasteiger partial charge on any atom is 0.0957 e. The van der Waals surface area contributed by atoms with Crippen molar-refractivity contribution in [2.24, 2.45) is 5.92 Å². The third-order valence-corrected chi connectivity index (χ3v) is 4.59. The minimum atomic E-state index is -0.379. The molecule has 1 fully saturated rings. The van der Waals surface area contributed by atoms with Gasteiger partial charge in [0, 0.05) is 18.8 Å². The minimum Gasteiger partial charge on any atom is -0.390 e. The van der Waals surface area contributed by atoms with Crippen molar-refractivity contribution in [3.05, 3.63) is 42.4 Å². The van der Waals surface area contributed by atoms with Gasteiger partial charge >= 0.3 is 0 Å². The zero-order valence-corrected chi connectivity index (χ0v) is 11.3. The number of ether oxygens (including phenoxy) is 1. The Kier molecular flexibility index (Phi) is 2.86. The summed E-state index contributed by atoms with van der Waals surface area (Å²) in [6, 6.07) is 8.31. The van der Waals surface area contributed by atoms with Gasteiger partial charge in [0.2, 0.25) is 0 Å². The summed E-state index contributed by atoms with van der Waals surface area (Å²) in [7, 11) is 0. The van der Waals surface area contributed by atoms with Gasteiger partial charge in [0.05, 0.1) is 30.4 Å². The van der Waals surface area contributed by atoms with Gasteiger partial charge in [-0.25, -0.2) is 4.98 Å². The summed E-state index contributed by atoms with van der Waals surface area (Å²) in [5, 5.41) is 10.9. The van der Waals surface area contributed by atoms with Gasteiger partial charge in [-0.1, -0.05) is 24.3 Å². The molecule has 2 atom stereocenters. The van der Waals surface area contributed by atoms with Crippen molar-refractivity contribution in [2.75, 3.05) is 13.2 Å². The Labute approximate surface area is 118 Å². The SMILES string of the molecule is O[C@@H](C1CCOCC1)C1c2ccccc2-c2cncn21. The Morgan fingerprint density at radius 3 is 2.90 bits per heavy atom. The highest BCUT2D eigenvalue weighted by Gasteiger charge is 2.37. The summed E-state index contributed by atoms with van der Waals surface area (Å²) in [6.45, 7) is 1.51. The molecule has 2 aliphatic heterocycles. The van der Waals surface area contributed by atoms with Crippen molar-refractivity contribution in [3.8, 4) is 11.3 Å². The van der Waals surface area contributed by atoms with Crippen LogP contribution in [0.1, 0.15) is 24.4 Å². The topological polar surface area (TPSA) is 47.3 Å². The van der Waals surface area contributed by atoms with Gasteiger partial charge in [0.15, 0.2) is 0 Å². The first kappa shape index (κ1) is 12.1. The summed E-state index contributed by atoms with van der Waals surface area (Å²) >= 11 is 0. The quantitative estimate of drug-likeness (QED) is 0.910. The van der Waals surface area contributed by atoms with Crippen LogP contribution in [0.3, 0.4) is 0 Å². The fraction of sp³-hybridized carbons (Fsp3) is 0.438. The third kappa shape index (κ3) is 1.72. The van der Waals surface area contributed by atoms with E-state index in [-0.39, 0.29) is 12.1 Å². The van der Waals surface area contributed by atoms with Crippen molar-refractivity contribution in [1.82, 2.24) is 9.55 Å². The lowest BCUT2D eigenvalue weighted by atomic mass is 9.86. The van der Waals surface area contributed by atoms with E-state index in [4.69, 9.17) is 4.74 Å². The molecule has 1 N–H and O–H groups in total. The molecule has 1 aromatic heterocycles. The van der Waals surface area contributed by atoms with Crippen LogP contribution in [0.25, 0.3) is 11.3 Å². The normalized spacial score (nSPS) is 23.4. The van der Waals surface area contributed by atoms with Gasteiger partial charge < -0.3 is 14.4 Å². The van der Waals surface area contributed by atoms with Gasteiger partial charge in [-0.05, 0) is 24.3 Å². The van der Waals surface area contributed by atoms with Crippen LogP contribution in [0.4, 0.5) is 0 Å². The maximum atomic E-state index is 10.9. The molecule has 0 bridgehead atoms. The maximum absolute atomic E-state index is 10.9. The highest BCUT2D eigenvalue weighted by molar-refractivity contribution is 5.69. The fourth-order valence-corrected chi connectivity index (χ4v) is 3.54. The van der Waals surface area contributed by atoms with Crippen LogP contribution in [0, 0.1) is 5.92 Å². The van der Waals surface area contributed by atoms with Crippen LogP contribution < -0.4 is 0 Å². The number of nitrogens with zero attached hydrogens (tertiary/aromatic N) is 2. The lowest BCUT2D eigenvalue weighted by Gasteiger charge is -2.31. The molecule has 1 saturated heterocycles. The van der Waals surface area contributed by atoms with Gasteiger partial charge in [-0.2, -0.15) is 0 Å². The van der Waals surface area contributed by atoms with Gasteiger partial charge in [-0.3, -0.25) is 0 Å². The lowest BCUT2D eigenvalue weighted by Crippen LogP contribution is -2.34. The molecule has 0 amide bonds. The largest absolute Gasteiger partial charge is 0.390 e. The number of imidazole rings is 1. The standard InChI is InChI=1S/C16H18N2O2/c19-16(11-5-7-20-8-6-11)15-13-4-2-1-3-12(13)14-9-17-10-18(14)15/h1-4,9-11,15-16,19H,5-8H2/t15?,16-/m0/s1. The molecule has 0 aliphatic carbocycles. The number of aliphatic hydroxyl groups is 1. The molecule has 0 radical (unpaired) electrons. The summed E-state index contributed by atoms with van der Waals surface area (Å²) in [5.41, 5.74) is 3.52. The average molecular weight is 270 g/mol. The highest BCUT2D eigenvalue weighted by Crippen LogP contribution is 2.43. The first-order valence-corrected chi connectivity index (χ1v) is 7.23. The van der Waals surface area contributed by atoms with E-state index in [9.17, 15) is 5.11 Å². The molecule has 4 nitrogen and oxygen atoms in total. The van der Waals surface area contributed by atoms with Crippen LogP contribution in [0.2, 0.25) is 0 Å². The Bertz CT molecular complexity index is 616. The van der Waals surface area contributed by atoms with Crippen LogP contribution in [-0.2, 0) is 4.74 Å². The van der Waals surface area contributed by atoms with Gasteiger partial charge in [0.25, 0.3) is 0 Å². The molecule has 20 heavy (non-hydrogen) atoms. The van der Waals surface area contributed by atoms with Gasteiger partial charge in [-0.15, -0.1) is 0 Å². The lowest BCUT2D eigenvalue weighted by molar-refractivity contribution is -0.00620. The second-order valence-electron chi connectivity index (χ2n) is 5.66. The Morgan fingerprint density at radius 2 is 2.05 bits per heavy atom. The number of rotatable bonds is 2. The molecule has 3 heterocycles. The van der Waals surface area contributed by atoms with Crippen molar-refractivity contribution in [2.45, 2.75) is 25.0 Å². The first-order valence-electron chi connectivity index (χ1n) is 7.23. The van der Waals surface area contributed by atoms with E-state index in [1.165, 1.54) is 11.1 Å². The van der Waals surface area contributed by atoms with Crippen molar-refractivity contribution >= 4 is 0 Å². The van der Waals surface area contributed by atoms with E-state index in [0.29, 0.717) is 5.92 Å². The molecule has 1 unspecified atom stereocenters. The molecule has 4 rings (SSSR count). The molecule has 2 aliphatic rings. The number of aromatic nitrogens is 2. The summed E-state index contributed by atoms with van der Waals surface area (Å²) in [6.07, 6.45) is 5.21. The number of hydrogen-bond donors (Lipinski definition) is 1. The van der Waals surface area contributed by atoms with Crippen molar-refractivity contribution in [3.63, 3.8) is 0 Å². The van der Waals surface area contributed by atoms with E-state index >= 15 is 0 Å². The molecule has 1 aromatic carbocycles. The Morgan fingerprint density at radius 1 is 1.25 bits per heavy atom. The Hall–Kier alpha value is -1.65. The molecule has 104 valence electrons. The summed E-state index contributed by atoms with van der Waals surface area (Å²) in [4.78, 5) is 4.25. The second-order valence-corrected chi connectivity index (χ2v) is 5.66. The predicted octanol–water partition coefficient (Wildman–Crippen LogP) is 2.24. The number of fused-ring (bicyclic) bond motifs is 3.